The number of fused-ring (bicyclic) bond motifs is 1. The van der Waals surface area contributed by atoms with Gasteiger partial charge in [0.05, 0.1) is 30.8 Å². The molecule has 4 aromatic rings. The third kappa shape index (κ3) is 4.20. The van der Waals surface area contributed by atoms with E-state index in [4.69, 9.17) is 9.72 Å². The first-order chi connectivity index (χ1) is 15.7. The molecule has 1 aliphatic heterocycles. The number of benzene rings is 2. The Balaban J connectivity index is 1.54. The first-order valence-electron chi connectivity index (χ1n) is 10.5. The van der Waals surface area contributed by atoms with E-state index in [1.54, 1.807) is 0 Å². The number of pyridine rings is 1. The summed E-state index contributed by atoms with van der Waals surface area (Å²) in [6.45, 7) is 3.27. The highest BCUT2D eigenvalue weighted by atomic mass is 127. The Kier molecular flexibility index (Phi) is 6.04. The van der Waals surface area contributed by atoms with Gasteiger partial charge >= 0.3 is 0 Å². The summed E-state index contributed by atoms with van der Waals surface area (Å²) in [5.74, 6) is 0.495. The van der Waals surface area contributed by atoms with Gasteiger partial charge in [-0.2, -0.15) is 0 Å². The van der Waals surface area contributed by atoms with Crippen LogP contribution in [0.3, 0.4) is 0 Å². The van der Waals surface area contributed by atoms with E-state index in [0.717, 1.165) is 53.4 Å². The molecule has 1 aliphatic rings. The maximum Gasteiger partial charge on any atom is 0.262 e. The van der Waals surface area contributed by atoms with Crippen molar-refractivity contribution in [3.8, 4) is 11.3 Å². The first kappa shape index (κ1) is 20.9. The lowest BCUT2D eigenvalue weighted by atomic mass is 10.0. The van der Waals surface area contributed by atoms with Crippen LogP contribution in [0.25, 0.3) is 22.2 Å². The Morgan fingerprint density at radius 2 is 1.88 bits per heavy atom. The summed E-state index contributed by atoms with van der Waals surface area (Å²) in [6.07, 6.45) is 1.43. The molecule has 0 bridgehead atoms. The van der Waals surface area contributed by atoms with Crippen LogP contribution in [0.1, 0.15) is 5.56 Å². The van der Waals surface area contributed by atoms with Gasteiger partial charge in [-0.3, -0.25) is 4.79 Å². The van der Waals surface area contributed by atoms with Gasteiger partial charge in [0.2, 0.25) is 0 Å². The molecule has 0 unspecified atom stereocenters. The van der Waals surface area contributed by atoms with Crippen molar-refractivity contribution < 1.29 is 4.74 Å². The second-order valence-corrected chi connectivity index (χ2v) is 8.31. The predicted octanol–water partition coefficient (Wildman–Crippen LogP) is 4.50. The lowest BCUT2D eigenvalue weighted by Crippen LogP contribution is -2.36. The van der Waals surface area contributed by atoms with Crippen LogP contribution in [0.4, 0.5) is 17.2 Å². The number of nitrogens with zero attached hydrogens (tertiary/aromatic N) is 3. The molecule has 0 saturated carbocycles. The van der Waals surface area contributed by atoms with Crippen LogP contribution in [0, 0.1) is 0 Å². The summed E-state index contributed by atoms with van der Waals surface area (Å²) in [5, 5.41) is 3.79. The summed E-state index contributed by atoms with van der Waals surface area (Å²) in [5.41, 5.74) is 5.41. The Morgan fingerprint density at radius 1 is 1.09 bits per heavy atom. The number of aromatic nitrogens is 3. The van der Waals surface area contributed by atoms with Crippen LogP contribution >= 0.6 is 22.6 Å². The number of ether oxygens (including phenoxy) is 1. The first-order valence-corrected chi connectivity index (χ1v) is 12.0. The van der Waals surface area contributed by atoms with Crippen LogP contribution in [-0.4, -0.2) is 41.3 Å². The number of hydrogen-bond donors (Lipinski definition) is 2. The smallest absolute Gasteiger partial charge is 0.262 e. The molecule has 0 amide bonds. The fourth-order valence-electron chi connectivity index (χ4n) is 3.92. The minimum Gasteiger partial charge on any atom is -0.378 e. The molecule has 2 aromatic carbocycles. The molecule has 1 fully saturated rings. The zero-order valence-corrected chi connectivity index (χ0v) is 19.5. The van der Waals surface area contributed by atoms with Crippen molar-refractivity contribution in [2.75, 3.05) is 36.5 Å². The average Bonchev–Trinajstić information content (AvgIpc) is 2.85. The molecule has 32 heavy (non-hydrogen) atoms. The van der Waals surface area contributed by atoms with Crippen LogP contribution in [0.2, 0.25) is 0 Å². The van der Waals surface area contributed by atoms with Gasteiger partial charge in [0, 0.05) is 34.5 Å². The van der Waals surface area contributed by atoms with Gasteiger partial charge in [-0.15, -0.1) is 0 Å². The lowest BCUT2D eigenvalue weighted by Gasteiger charge is -2.28. The number of hydrogen-bond acceptors (Lipinski definition) is 6. The van der Waals surface area contributed by atoms with E-state index in [0.29, 0.717) is 16.7 Å². The van der Waals surface area contributed by atoms with E-state index >= 15 is 0 Å². The highest BCUT2D eigenvalue weighted by molar-refractivity contribution is 14.1. The summed E-state index contributed by atoms with van der Waals surface area (Å²) in [6, 6.07) is 18.2. The molecule has 3 heterocycles. The van der Waals surface area contributed by atoms with Crippen LogP contribution in [-0.2, 0) is 9.16 Å². The van der Waals surface area contributed by atoms with Crippen molar-refractivity contribution in [1.29, 1.82) is 0 Å². The molecule has 2 N–H and O–H groups in total. The second kappa shape index (κ2) is 9.25. The fourth-order valence-corrected chi connectivity index (χ4v) is 4.58. The van der Waals surface area contributed by atoms with E-state index in [-0.39, 0.29) is 5.56 Å². The molecular weight excluding hydrogens is 517 g/mol. The van der Waals surface area contributed by atoms with Gasteiger partial charge < -0.3 is 19.9 Å². The van der Waals surface area contributed by atoms with Crippen LogP contribution in [0.15, 0.2) is 65.7 Å². The second-order valence-electron chi connectivity index (χ2n) is 7.54. The largest absolute Gasteiger partial charge is 0.378 e. The summed E-state index contributed by atoms with van der Waals surface area (Å²) in [7, 11) is 0. The average molecular weight is 539 g/mol. The minimum absolute atomic E-state index is 0.219. The van der Waals surface area contributed by atoms with Gasteiger partial charge in [-0.05, 0) is 35.9 Å². The van der Waals surface area contributed by atoms with Crippen molar-refractivity contribution in [1.82, 2.24) is 15.0 Å². The third-order valence-electron chi connectivity index (χ3n) is 5.57. The Hall–Kier alpha value is -2.98. The van der Waals surface area contributed by atoms with Crippen molar-refractivity contribution >= 4 is 50.7 Å². The Morgan fingerprint density at radius 3 is 2.66 bits per heavy atom. The number of anilines is 3. The number of alkyl halides is 1. The molecule has 2 aromatic heterocycles. The predicted molar refractivity (Wildman–Crippen MR) is 136 cm³/mol. The normalized spacial score (nSPS) is 14.0. The van der Waals surface area contributed by atoms with E-state index < -0.39 is 0 Å². The number of aromatic amines is 1. The Bertz CT molecular complexity index is 1300. The standard InChI is InChI=1S/C24H22IN5O2/c25-14-16-3-1-2-4-19(16)20-13-21-22(24(31)27-15-26-21)23(29-20)28-17-5-7-18(8-6-17)30-9-11-32-12-10-30/h1-8,13,15H,9-12,14H2,(H,28,29)(H,26,27,31). The van der Waals surface area contributed by atoms with E-state index in [1.807, 2.05) is 30.3 Å². The molecule has 5 rings (SSSR count). The maximum absolute atomic E-state index is 12.6. The molecule has 0 atom stereocenters. The SMILES string of the molecule is O=c1[nH]cnc2cc(-c3ccccc3CI)nc(Nc3ccc(N4CCOCC4)cc3)c12. The maximum atomic E-state index is 12.6. The van der Waals surface area contributed by atoms with E-state index in [9.17, 15) is 4.79 Å². The fraction of sp³-hybridized carbons (Fsp3) is 0.208. The molecule has 0 spiro atoms. The Labute approximate surface area is 199 Å². The summed E-state index contributed by atoms with van der Waals surface area (Å²) in [4.78, 5) is 26.8. The third-order valence-corrected chi connectivity index (χ3v) is 6.39. The van der Waals surface area contributed by atoms with Crippen molar-refractivity contribution in [2.45, 2.75) is 4.43 Å². The number of rotatable bonds is 5. The van der Waals surface area contributed by atoms with Crippen molar-refractivity contribution in [2.24, 2.45) is 0 Å². The summed E-state index contributed by atoms with van der Waals surface area (Å²) < 4.78 is 6.30. The molecule has 0 radical (unpaired) electrons. The highest BCUT2D eigenvalue weighted by Crippen LogP contribution is 2.30. The number of nitrogens with one attached hydrogen (secondary N) is 2. The van der Waals surface area contributed by atoms with Gasteiger partial charge in [-0.25, -0.2) is 9.97 Å². The molecule has 162 valence electrons. The highest BCUT2D eigenvalue weighted by Gasteiger charge is 2.15. The molecule has 1 saturated heterocycles. The summed E-state index contributed by atoms with van der Waals surface area (Å²) >= 11 is 2.35. The van der Waals surface area contributed by atoms with Crippen molar-refractivity contribution in [3.63, 3.8) is 0 Å². The molecular formula is C24H22IN5O2. The molecule has 0 aliphatic carbocycles. The van der Waals surface area contributed by atoms with E-state index in [2.05, 4.69) is 67.0 Å². The zero-order valence-electron chi connectivity index (χ0n) is 17.3. The quantitative estimate of drug-likeness (QED) is 0.287. The zero-order chi connectivity index (χ0) is 21.9. The number of morpholine rings is 1. The number of halogens is 1. The van der Waals surface area contributed by atoms with E-state index in [1.165, 1.54) is 11.9 Å². The van der Waals surface area contributed by atoms with Gasteiger partial charge in [-0.1, -0.05) is 46.9 Å². The van der Waals surface area contributed by atoms with Gasteiger partial charge in [0.15, 0.2) is 0 Å². The van der Waals surface area contributed by atoms with Gasteiger partial charge in [0.1, 0.15) is 11.2 Å². The van der Waals surface area contributed by atoms with Crippen LogP contribution in [0.5, 0.6) is 0 Å². The molecule has 7 nitrogen and oxygen atoms in total. The van der Waals surface area contributed by atoms with Gasteiger partial charge in [0.25, 0.3) is 5.56 Å². The number of H-pyrrole nitrogens is 1. The lowest BCUT2D eigenvalue weighted by molar-refractivity contribution is 0.122. The topological polar surface area (TPSA) is 83.1 Å². The molecule has 8 heteroatoms. The minimum atomic E-state index is -0.219. The van der Waals surface area contributed by atoms with Crippen LogP contribution < -0.4 is 15.8 Å². The monoisotopic (exact) mass is 539 g/mol. The van der Waals surface area contributed by atoms with Crippen molar-refractivity contribution in [3.05, 3.63) is 76.8 Å².